The van der Waals surface area contributed by atoms with Gasteiger partial charge in [-0.2, -0.15) is 0 Å². The zero-order chi connectivity index (χ0) is 11.8. The van der Waals surface area contributed by atoms with Crippen LogP contribution in [0.4, 0.5) is 5.69 Å². The van der Waals surface area contributed by atoms with Crippen LogP contribution in [0.15, 0.2) is 24.3 Å². The van der Waals surface area contributed by atoms with Crippen molar-refractivity contribution in [2.24, 2.45) is 0 Å². The molecule has 2 N–H and O–H groups in total. The van der Waals surface area contributed by atoms with Gasteiger partial charge in [-0.15, -0.1) is 6.42 Å². The van der Waals surface area contributed by atoms with Gasteiger partial charge in [0.25, 0.3) is 0 Å². The highest BCUT2D eigenvalue weighted by Gasteiger charge is 2.06. The van der Waals surface area contributed by atoms with Crippen molar-refractivity contribution in [3.8, 4) is 12.3 Å². The second-order valence-corrected chi connectivity index (χ2v) is 3.01. The summed E-state index contributed by atoms with van der Waals surface area (Å²) >= 11 is 0. The smallest absolute Gasteiger partial charge is 0.339 e. The first-order valence-corrected chi connectivity index (χ1v) is 4.83. The molecule has 0 radical (unpaired) electrons. The first-order valence-electron chi connectivity index (χ1n) is 4.83. The standard InChI is InChI=1S/C12H13NO3/c1-2-8-16-12(15)10-4-3-5-11(9-10)13-6-7-14/h1,3-5,9,13-14H,6-8H2. The molecular formula is C12H13NO3. The Kier molecular flexibility index (Phi) is 4.90. The van der Waals surface area contributed by atoms with Gasteiger partial charge in [-0.1, -0.05) is 12.0 Å². The minimum Gasteiger partial charge on any atom is -0.449 e. The van der Waals surface area contributed by atoms with Crippen LogP contribution >= 0.6 is 0 Å². The van der Waals surface area contributed by atoms with Crippen LogP contribution in [0.1, 0.15) is 10.4 Å². The molecule has 0 atom stereocenters. The second kappa shape index (κ2) is 6.49. The summed E-state index contributed by atoms with van der Waals surface area (Å²) < 4.78 is 4.78. The number of carbonyl (C=O) groups is 1. The number of hydrogen-bond acceptors (Lipinski definition) is 4. The fourth-order valence-electron chi connectivity index (χ4n) is 1.15. The number of hydrogen-bond donors (Lipinski definition) is 2. The molecule has 0 fully saturated rings. The first kappa shape index (κ1) is 12.1. The van der Waals surface area contributed by atoms with Crippen molar-refractivity contribution in [2.45, 2.75) is 0 Å². The Balaban J connectivity index is 2.66. The third-order valence-corrected chi connectivity index (χ3v) is 1.83. The lowest BCUT2D eigenvalue weighted by Gasteiger charge is -2.06. The number of anilines is 1. The molecular weight excluding hydrogens is 206 g/mol. The Morgan fingerprint density at radius 2 is 2.38 bits per heavy atom. The quantitative estimate of drug-likeness (QED) is 0.570. The highest BCUT2D eigenvalue weighted by molar-refractivity contribution is 5.90. The van der Waals surface area contributed by atoms with Crippen LogP contribution in [0, 0.1) is 12.3 Å². The van der Waals surface area contributed by atoms with Crippen LogP contribution in [-0.2, 0) is 4.74 Å². The molecule has 0 heterocycles. The van der Waals surface area contributed by atoms with E-state index in [1.807, 2.05) is 0 Å². The fourth-order valence-corrected chi connectivity index (χ4v) is 1.15. The molecule has 84 valence electrons. The second-order valence-electron chi connectivity index (χ2n) is 3.01. The Bertz CT molecular complexity index is 395. The highest BCUT2D eigenvalue weighted by Crippen LogP contribution is 2.11. The van der Waals surface area contributed by atoms with E-state index in [1.54, 1.807) is 24.3 Å². The van der Waals surface area contributed by atoms with Gasteiger partial charge in [-0.25, -0.2) is 4.79 Å². The number of aliphatic hydroxyl groups excluding tert-OH is 1. The first-order chi connectivity index (χ1) is 7.77. The molecule has 0 aliphatic rings. The molecule has 16 heavy (non-hydrogen) atoms. The van der Waals surface area contributed by atoms with E-state index < -0.39 is 5.97 Å². The Labute approximate surface area is 94.2 Å². The summed E-state index contributed by atoms with van der Waals surface area (Å²) in [6, 6.07) is 6.82. The van der Waals surface area contributed by atoms with Crippen molar-refractivity contribution >= 4 is 11.7 Å². The molecule has 0 aliphatic heterocycles. The summed E-state index contributed by atoms with van der Waals surface area (Å²) in [7, 11) is 0. The average molecular weight is 219 g/mol. The van der Waals surface area contributed by atoms with Gasteiger partial charge in [0.1, 0.15) is 0 Å². The summed E-state index contributed by atoms with van der Waals surface area (Å²) in [6.45, 7) is 0.432. The number of terminal acetylenes is 1. The van der Waals surface area contributed by atoms with Gasteiger partial charge in [0.05, 0.1) is 12.2 Å². The van der Waals surface area contributed by atoms with Crippen molar-refractivity contribution < 1.29 is 14.6 Å². The van der Waals surface area contributed by atoms with E-state index in [4.69, 9.17) is 16.3 Å². The average Bonchev–Trinajstić information content (AvgIpc) is 2.33. The lowest BCUT2D eigenvalue weighted by atomic mass is 10.2. The van der Waals surface area contributed by atoms with Crippen LogP contribution in [-0.4, -0.2) is 30.8 Å². The van der Waals surface area contributed by atoms with E-state index in [0.717, 1.165) is 5.69 Å². The predicted octanol–water partition coefficient (Wildman–Crippen LogP) is 0.881. The van der Waals surface area contributed by atoms with Gasteiger partial charge in [0.2, 0.25) is 0 Å². The maximum absolute atomic E-state index is 11.4. The number of rotatable bonds is 5. The molecule has 1 rings (SSSR count). The summed E-state index contributed by atoms with van der Waals surface area (Å²) in [5.41, 5.74) is 1.18. The lowest BCUT2D eigenvalue weighted by molar-refractivity contribution is 0.0557. The molecule has 1 aromatic carbocycles. The molecule has 4 heteroatoms. The Morgan fingerprint density at radius 1 is 1.56 bits per heavy atom. The van der Waals surface area contributed by atoms with E-state index >= 15 is 0 Å². The van der Waals surface area contributed by atoms with E-state index in [-0.39, 0.29) is 13.2 Å². The maximum Gasteiger partial charge on any atom is 0.339 e. The summed E-state index contributed by atoms with van der Waals surface area (Å²) in [4.78, 5) is 11.4. The van der Waals surface area contributed by atoms with Crippen LogP contribution < -0.4 is 5.32 Å². The number of esters is 1. The van der Waals surface area contributed by atoms with Crippen molar-refractivity contribution in [3.05, 3.63) is 29.8 Å². The zero-order valence-corrected chi connectivity index (χ0v) is 8.77. The summed E-state index contributed by atoms with van der Waals surface area (Å²) in [5.74, 6) is 1.77. The zero-order valence-electron chi connectivity index (χ0n) is 8.77. The number of carbonyl (C=O) groups excluding carboxylic acids is 1. The minimum atomic E-state index is -0.453. The Hall–Kier alpha value is -1.99. The predicted molar refractivity (Wildman–Crippen MR) is 61.1 cm³/mol. The van der Waals surface area contributed by atoms with Gasteiger partial charge >= 0.3 is 5.97 Å². The molecule has 1 aromatic rings. The van der Waals surface area contributed by atoms with Crippen LogP contribution in [0.3, 0.4) is 0 Å². The molecule has 0 aliphatic carbocycles. The summed E-state index contributed by atoms with van der Waals surface area (Å²) in [5, 5.41) is 11.6. The van der Waals surface area contributed by atoms with Gasteiger partial charge in [-0.05, 0) is 18.2 Å². The number of nitrogens with one attached hydrogen (secondary N) is 1. The van der Waals surface area contributed by atoms with Gasteiger partial charge in [0.15, 0.2) is 6.61 Å². The number of aliphatic hydroxyl groups is 1. The van der Waals surface area contributed by atoms with Crippen molar-refractivity contribution in [2.75, 3.05) is 25.1 Å². The topological polar surface area (TPSA) is 58.6 Å². The normalized spacial score (nSPS) is 9.25. The lowest BCUT2D eigenvalue weighted by Crippen LogP contribution is -2.08. The van der Waals surface area contributed by atoms with Crippen LogP contribution in [0.25, 0.3) is 0 Å². The summed E-state index contributed by atoms with van der Waals surface area (Å²) in [6.07, 6.45) is 4.98. The van der Waals surface area contributed by atoms with Gasteiger partial charge in [-0.3, -0.25) is 0 Å². The highest BCUT2D eigenvalue weighted by atomic mass is 16.5. The SMILES string of the molecule is C#CCOC(=O)c1cccc(NCCO)c1. The molecule has 0 bridgehead atoms. The third-order valence-electron chi connectivity index (χ3n) is 1.83. The van der Waals surface area contributed by atoms with E-state index in [9.17, 15) is 4.79 Å². The van der Waals surface area contributed by atoms with Gasteiger partial charge < -0.3 is 15.2 Å². The van der Waals surface area contributed by atoms with Crippen molar-refractivity contribution in [1.29, 1.82) is 0 Å². The third kappa shape index (κ3) is 3.64. The molecule has 4 nitrogen and oxygen atoms in total. The monoisotopic (exact) mass is 219 g/mol. The molecule has 0 saturated carbocycles. The Morgan fingerprint density at radius 3 is 3.06 bits per heavy atom. The van der Waals surface area contributed by atoms with Crippen LogP contribution in [0.2, 0.25) is 0 Å². The van der Waals surface area contributed by atoms with E-state index in [2.05, 4.69) is 11.2 Å². The van der Waals surface area contributed by atoms with Gasteiger partial charge in [0, 0.05) is 12.2 Å². The van der Waals surface area contributed by atoms with E-state index in [1.165, 1.54) is 0 Å². The molecule has 0 aromatic heterocycles. The number of benzene rings is 1. The van der Waals surface area contributed by atoms with Crippen molar-refractivity contribution in [3.63, 3.8) is 0 Å². The minimum absolute atomic E-state index is 0.0335. The largest absolute Gasteiger partial charge is 0.449 e. The molecule has 0 saturated heterocycles. The van der Waals surface area contributed by atoms with E-state index in [0.29, 0.717) is 12.1 Å². The molecule has 0 spiro atoms. The maximum atomic E-state index is 11.4. The fraction of sp³-hybridized carbons (Fsp3) is 0.250. The van der Waals surface area contributed by atoms with Crippen LogP contribution in [0.5, 0.6) is 0 Å². The molecule has 0 unspecified atom stereocenters. The van der Waals surface area contributed by atoms with Crippen molar-refractivity contribution in [1.82, 2.24) is 0 Å². The number of ether oxygens (including phenoxy) is 1. The molecule has 0 amide bonds.